The van der Waals surface area contributed by atoms with Gasteiger partial charge in [-0.3, -0.25) is 14.5 Å². The lowest BCUT2D eigenvalue weighted by molar-refractivity contribution is 0.0342. The van der Waals surface area contributed by atoms with Crippen molar-refractivity contribution in [2.24, 2.45) is 0 Å². The average Bonchev–Trinajstić information content (AvgIpc) is 2.58. The number of anilines is 1. The van der Waals surface area contributed by atoms with Crippen LogP contribution < -0.4 is 10.9 Å². The molecule has 0 bridgehead atoms. The van der Waals surface area contributed by atoms with Crippen molar-refractivity contribution < 1.29 is 9.53 Å². The maximum absolute atomic E-state index is 12.3. The van der Waals surface area contributed by atoms with E-state index in [1.54, 1.807) is 0 Å². The molecule has 1 fully saturated rings. The monoisotopic (exact) mass is 313 g/mol. The van der Waals surface area contributed by atoms with E-state index in [0.717, 1.165) is 44.1 Å². The van der Waals surface area contributed by atoms with Gasteiger partial charge in [0.25, 0.3) is 5.91 Å². The van der Waals surface area contributed by atoms with Gasteiger partial charge in [-0.2, -0.15) is 0 Å². The Balaban J connectivity index is 1.73. The van der Waals surface area contributed by atoms with Gasteiger partial charge in [0.2, 0.25) is 5.56 Å². The topological polar surface area (TPSA) is 74.4 Å². The van der Waals surface area contributed by atoms with E-state index in [1.807, 2.05) is 24.3 Å². The molecule has 0 atom stereocenters. The van der Waals surface area contributed by atoms with Crippen LogP contribution in [0, 0.1) is 0 Å². The molecule has 1 aliphatic rings. The van der Waals surface area contributed by atoms with Crippen LogP contribution in [0.5, 0.6) is 0 Å². The van der Waals surface area contributed by atoms with E-state index < -0.39 is 0 Å². The van der Waals surface area contributed by atoms with Crippen molar-refractivity contribution >= 4 is 11.6 Å². The van der Waals surface area contributed by atoms with Gasteiger partial charge in [0.1, 0.15) is 0 Å². The zero-order valence-electron chi connectivity index (χ0n) is 12.7. The minimum absolute atomic E-state index is 0.228. The van der Waals surface area contributed by atoms with Gasteiger partial charge in [-0.05, 0) is 17.7 Å². The van der Waals surface area contributed by atoms with Crippen molar-refractivity contribution in [3.05, 3.63) is 64.1 Å². The number of aromatic nitrogens is 1. The zero-order valence-corrected chi connectivity index (χ0v) is 12.7. The van der Waals surface area contributed by atoms with Gasteiger partial charge in [0.15, 0.2) is 0 Å². The van der Waals surface area contributed by atoms with Crippen LogP contribution in [0.25, 0.3) is 0 Å². The number of para-hydroxylation sites is 1. The minimum atomic E-state index is -0.240. The number of carbonyl (C=O) groups is 1. The molecule has 0 radical (unpaired) electrons. The van der Waals surface area contributed by atoms with Gasteiger partial charge >= 0.3 is 0 Å². The van der Waals surface area contributed by atoms with Crippen molar-refractivity contribution in [1.29, 1.82) is 0 Å². The number of carbonyl (C=O) groups excluding carboxylic acids is 1. The summed E-state index contributed by atoms with van der Waals surface area (Å²) in [5.41, 5.74) is 2.04. The number of hydrogen-bond donors (Lipinski definition) is 2. The molecule has 0 saturated carbocycles. The number of nitrogens with zero attached hydrogens (tertiary/aromatic N) is 1. The number of hydrogen-bond acceptors (Lipinski definition) is 4. The second-order valence-corrected chi connectivity index (χ2v) is 5.44. The van der Waals surface area contributed by atoms with Crippen molar-refractivity contribution in [1.82, 2.24) is 9.88 Å². The van der Waals surface area contributed by atoms with Gasteiger partial charge in [0.05, 0.1) is 18.8 Å². The molecule has 1 aliphatic heterocycles. The van der Waals surface area contributed by atoms with Crippen LogP contribution in [0.4, 0.5) is 5.69 Å². The fourth-order valence-corrected chi connectivity index (χ4v) is 2.53. The molecule has 0 unspecified atom stereocenters. The second-order valence-electron chi connectivity index (χ2n) is 5.44. The Bertz CT molecular complexity index is 715. The summed E-state index contributed by atoms with van der Waals surface area (Å²) in [5.74, 6) is -0.240. The highest BCUT2D eigenvalue weighted by Gasteiger charge is 2.14. The number of morpholine rings is 1. The molecule has 2 heterocycles. The van der Waals surface area contributed by atoms with E-state index in [1.165, 1.54) is 18.3 Å². The molecule has 0 spiro atoms. The Kier molecular flexibility index (Phi) is 4.85. The fourth-order valence-electron chi connectivity index (χ4n) is 2.53. The van der Waals surface area contributed by atoms with Gasteiger partial charge in [-0.15, -0.1) is 0 Å². The van der Waals surface area contributed by atoms with Crippen LogP contribution in [0.15, 0.2) is 47.4 Å². The predicted molar refractivity (Wildman–Crippen MR) is 87.6 cm³/mol. The Morgan fingerprint density at radius 1 is 1.17 bits per heavy atom. The van der Waals surface area contributed by atoms with Crippen molar-refractivity contribution in [3.63, 3.8) is 0 Å². The van der Waals surface area contributed by atoms with Crippen LogP contribution >= 0.6 is 0 Å². The summed E-state index contributed by atoms with van der Waals surface area (Å²) in [5, 5.41) is 2.92. The normalized spacial score (nSPS) is 15.3. The molecule has 1 aromatic heterocycles. The number of nitrogens with one attached hydrogen (secondary N) is 2. The van der Waals surface area contributed by atoms with Gasteiger partial charge < -0.3 is 15.0 Å². The van der Waals surface area contributed by atoms with Gasteiger partial charge in [-0.25, -0.2) is 0 Å². The van der Waals surface area contributed by atoms with Crippen molar-refractivity contribution in [2.45, 2.75) is 6.54 Å². The fraction of sp³-hybridized carbons (Fsp3) is 0.294. The Morgan fingerprint density at radius 3 is 2.70 bits per heavy atom. The van der Waals surface area contributed by atoms with Crippen molar-refractivity contribution in [3.8, 4) is 0 Å². The first-order valence-corrected chi connectivity index (χ1v) is 7.60. The smallest absolute Gasteiger partial charge is 0.257 e. The molecule has 120 valence electrons. The Morgan fingerprint density at radius 2 is 1.96 bits per heavy atom. The number of amides is 1. The standard InChI is InChI=1S/C17H19N3O3/c21-16-6-5-13(11-18-16)17(22)19-15-4-2-1-3-14(15)12-20-7-9-23-10-8-20/h1-6,11H,7-10,12H2,(H,18,21)(H,19,22). The quantitative estimate of drug-likeness (QED) is 0.896. The number of aromatic amines is 1. The number of pyridine rings is 1. The third-order valence-electron chi connectivity index (χ3n) is 3.81. The van der Waals surface area contributed by atoms with E-state index in [4.69, 9.17) is 4.74 Å². The molecule has 1 saturated heterocycles. The van der Waals surface area contributed by atoms with Crippen LogP contribution in [-0.4, -0.2) is 42.1 Å². The van der Waals surface area contributed by atoms with Crippen LogP contribution in [-0.2, 0) is 11.3 Å². The molecule has 1 amide bonds. The number of ether oxygens (including phenoxy) is 1. The van der Waals surface area contributed by atoms with Crippen LogP contribution in [0.1, 0.15) is 15.9 Å². The molecule has 6 nitrogen and oxygen atoms in total. The number of rotatable bonds is 4. The van der Waals surface area contributed by atoms with Gasteiger partial charge in [-0.1, -0.05) is 18.2 Å². The molecule has 6 heteroatoms. The first-order valence-electron chi connectivity index (χ1n) is 7.60. The van der Waals surface area contributed by atoms with E-state index in [0.29, 0.717) is 5.56 Å². The van der Waals surface area contributed by atoms with E-state index in [2.05, 4.69) is 15.2 Å². The summed E-state index contributed by atoms with van der Waals surface area (Å²) in [6.07, 6.45) is 1.42. The SMILES string of the molecule is O=C(Nc1ccccc1CN1CCOCC1)c1ccc(=O)[nH]c1. The summed E-state index contributed by atoms with van der Waals surface area (Å²) >= 11 is 0. The highest BCUT2D eigenvalue weighted by atomic mass is 16.5. The summed E-state index contributed by atoms with van der Waals surface area (Å²) in [4.78, 5) is 28.2. The summed E-state index contributed by atoms with van der Waals surface area (Å²) in [6.45, 7) is 4.04. The molecule has 23 heavy (non-hydrogen) atoms. The molecule has 2 aromatic rings. The maximum atomic E-state index is 12.3. The summed E-state index contributed by atoms with van der Waals surface area (Å²) in [7, 11) is 0. The zero-order chi connectivity index (χ0) is 16.1. The lowest BCUT2D eigenvalue weighted by atomic mass is 10.1. The van der Waals surface area contributed by atoms with Crippen molar-refractivity contribution in [2.75, 3.05) is 31.6 Å². The molecule has 1 aromatic carbocycles. The lowest BCUT2D eigenvalue weighted by Gasteiger charge is -2.27. The van der Waals surface area contributed by atoms with E-state index in [-0.39, 0.29) is 11.5 Å². The summed E-state index contributed by atoms with van der Waals surface area (Å²) in [6, 6.07) is 10.6. The van der Waals surface area contributed by atoms with E-state index in [9.17, 15) is 9.59 Å². The number of benzene rings is 1. The van der Waals surface area contributed by atoms with Crippen LogP contribution in [0.3, 0.4) is 0 Å². The first kappa shape index (κ1) is 15.5. The van der Waals surface area contributed by atoms with Crippen LogP contribution in [0.2, 0.25) is 0 Å². The van der Waals surface area contributed by atoms with E-state index >= 15 is 0 Å². The average molecular weight is 313 g/mol. The van der Waals surface area contributed by atoms with Gasteiger partial charge in [0, 0.05) is 37.6 Å². The third-order valence-corrected chi connectivity index (χ3v) is 3.81. The first-order chi connectivity index (χ1) is 11.2. The Labute approximate surface area is 134 Å². The highest BCUT2D eigenvalue weighted by Crippen LogP contribution is 2.18. The number of H-pyrrole nitrogens is 1. The third kappa shape index (κ3) is 4.06. The minimum Gasteiger partial charge on any atom is -0.379 e. The second kappa shape index (κ2) is 7.21. The maximum Gasteiger partial charge on any atom is 0.257 e. The Hall–Kier alpha value is -2.44. The summed E-state index contributed by atoms with van der Waals surface area (Å²) < 4.78 is 5.36. The largest absolute Gasteiger partial charge is 0.379 e. The molecule has 2 N–H and O–H groups in total. The molecule has 3 rings (SSSR count). The molecular formula is C17H19N3O3. The lowest BCUT2D eigenvalue weighted by Crippen LogP contribution is -2.35. The highest BCUT2D eigenvalue weighted by molar-refractivity contribution is 6.04. The molecular weight excluding hydrogens is 294 g/mol. The molecule has 0 aliphatic carbocycles. The predicted octanol–water partition coefficient (Wildman–Crippen LogP) is 1.46.